The van der Waals surface area contributed by atoms with Crippen molar-refractivity contribution in [1.29, 1.82) is 0 Å². The van der Waals surface area contributed by atoms with Crippen molar-refractivity contribution in [2.75, 3.05) is 0 Å². The fourth-order valence-corrected chi connectivity index (χ4v) is 1.95. The van der Waals surface area contributed by atoms with Gasteiger partial charge in [-0.3, -0.25) is 4.79 Å². The van der Waals surface area contributed by atoms with E-state index in [0.29, 0.717) is 12.2 Å². The van der Waals surface area contributed by atoms with Crippen molar-refractivity contribution in [2.45, 2.75) is 13.3 Å². The zero-order valence-corrected chi connectivity index (χ0v) is 10.5. The second-order valence-electron chi connectivity index (χ2n) is 3.64. The van der Waals surface area contributed by atoms with Gasteiger partial charge in [0.25, 0.3) is 0 Å². The van der Waals surface area contributed by atoms with E-state index in [2.05, 4.69) is 15.9 Å². The van der Waals surface area contributed by atoms with Gasteiger partial charge in [-0.25, -0.2) is 0 Å². The molecule has 1 aromatic heterocycles. The van der Waals surface area contributed by atoms with Crippen LogP contribution < -0.4 is 0 Å². The van der Waals surface area contributed by atoms with Crippen molar-refractivity contribution in [3.05, 3.63) is 58.0 Å². The van der Waals surface area contributed by atoms with E-state index in [0.717, 1.165) is 15.8 Å². The maximum absolute atomic E-state index is 11.8. The first-order chi connectivity index (χ1) is 7.65. The van der Waals surface area contributed by atoms with Gasteiger partial charge in [0.1, 0.15) is 5.76 Å². The molecule has 0 aliphatic rings. The van der Waals surface area contributed by atoms with Gasteiger partial charge in [0, 0.05) is 10.9 Å². The molecule has 0 fully saturated rings. The molecule has 1 heterocycles. The van der Waals surface area contributed by atoms with Crippen LogP contribution in [-0.2, 0) is 6.42 Å². The highest BCUT2D eigenvalue weighted by Crippen LogP contribution is 2.15. The maximum atomic E-state index is 11.8. The van der Waals surface area contributed by atoms with Gasteiger partial charge in [-0.2, -0.15) is 0 Å². The Hall–Kier alpha value is -1.35. The lowest BCUT2D eigenvalue weighted by Crippen LogP contribution is -2.01. The number of Topliss-reactive ketones (excluding diaryl/α,β-unsaturated/α-hetero) is 1. The van der Waals surface area contributed by atoms with E-state index >= 15 is 0 Å². The summed E-state index contributed by atoms with van der Waals surface area (Å²) < 4.78 is 6.27. The molecule has 0 unspecified atom stereocenters. The molecule has 0 aliphatic carbocycles. The molecule has 2 rings (SSSR count). The molecular weight excluding hydrogens is 268 g/mol. The van der Waals surface area contributed by atoms with Crippen molar-refractivity contribution in [3.8, 4) is 0 Å². The van der Waals surface area contributed by atoms with Crippen LogP contribution in [-0.4, -0.2) is 5.78 Å². The number of ketones is 1. The quantitative estimate of drug-likeness (QED) is 0.800. The molecule has 0 N–H and O–H groups in total. The second kappa shape index (κ2) is 4.66. The third kappa shape index (κ3) is 2.61. The summed E-state index contributed by atoms with van der Waals surface area (Å²) in [4.78, 5) is 11.8. The maximum Gasteiger partial charge on any atom is 0.202 e. The molecule has 0 amide bonds. The fourth-order valence-electron chi connectivity index (χ4n) is 1.50. The minimum absolute atomic E-state index is 0.00574. The Labute approximate surface area is 102 Å². The van der Waals surface area contributed by atoms with Crippen molar-refractivity contribution >= 4 is 21.7 Å². The summed E-state index contributed by atoms with van der Waals surface area (Å²) in [7, 11) is 0. The topological polar surface area (TPSA) is 30.2 Å². The third-order valence-electron chi connectivity index (χ3n) is 2.27. The van der Waals surface area contributed by atoms with E-state index in [9.17, 15) is 4.79 Å². The summed E-state index contributed by atoms with van der Waals surface area (Å²) in [5.41, 5.74) is 0.980. The van der Waals surface area contributed by atoms with Gasteiger partial charge >= 0.3 is 0 Å². The molecule has 2 nitrogen and oxygen atoms in total. The van der Waals surface area contributed by atoms with Gasteiger partial charge < -0.3 is 4.42 Å². The highest BCUT2D eigenvalue weighted by atomic mass is 79.9. The summed E-state index contributed by atoms with van der Waals surface area (Å²) in [6.45, 7) is 1.83. The number of hydrogen-bond donors (Lipinski definition) is 0. The molecule has 3 heteroatoms. The van der Waals surface area contributed by atoms with Crippen molar-refractivity contribution < 1.29 is 9.21 Å². The Balaban J connectivity index is 2.13. The number of benzene rings is 1. The Bertz CT molecular complexity index is 514. The van der Waals surface area contributed by atoms with Crippen LogP contribution >= 0.6 is 15.9 Å². The minimum atomic E-state index is 0.00574. The Morgan fingerprint density at radius 2 is 2.12 bits per heavy atom. The van der Waals surface area contributed by atoms with E-state index in [1.165, 1.54) is 0 Å². The van der Waals surface area contributed by atoms with E-state index in [1.807, 2.05) is 31.2 Å². The molecule has 1 aromatic carbocycles. The number of carbonyl (C=O) groups is 1. The molecule has 0 spiro atoms. The van der Waals surface area contributed by atoms with Crippen LogP contribution in [0.2, 0.25) is 0 Å². The second-order valence-corrected chi connectivity index (χ2v) is 4.56. The fraction of sp³-hybridized carbons (Fsp3) is 0.154. The molecule has 0 bridgehead atoms. The number of furan rings is 1. The van der Waals surface area contributed by atoms with E-state index < -0.39 is 0 Å². The van der Waals surface area contributed by atoms with Gasteiger partial charge in [-0.15, -0.1) is 0 Å². The SMILES string of the molecule is Cc1ccc(C(=O)Cc2cccc(Br)c2)o1. The van der Waals surface area contributed by atoms with Gasteiger partial charge in [-0.05, 0) is 36.8 Å². The van der Waals surface area contributed by atoms with E-state index in [4.69, 9.17) is 4.42 Å². The van der Waals surface area contributed by atoms with E-state index in [1.54, 1.807) is 12.1 Å². The standard InChI is InChI=1S/C13H11BrO2/c1-9-5-6-13(16-9)12(15)8-10-3-2-4-11(14)7-10/h2-7H,8H2,1H3. The summed E-state index contributed by atoms with van der Waals surface area (Å²) in [5.74, 6) is 1.20. The molecular formula is C13H11BrO2. The summed E-state index contributed by atoms with van der Waals surface area (Å²) >= 11 is 3.38. The van der Waals surface area contributed by atoms with Crippen LogP contribution in [0.25, 0.3) is 0 Å². The van der Waals surface area contributed by atoms with Crippen molar-refractivity contribution in [1.82, 2.24) is 0 Å². The van der Waals surface area contributed by atoms with Gasteiger partial charge in [0.15, 0.2) is 5.76 Å². The highest BCUT2D eigenvalue weighted by Gasteiger charge is 2.10. The van der Waals surface area contributed by atoms with Gasteiger partial charge in [-0.1, -0.05) is 28.1 Å². The molecule has 0 radical (unpaired) electrons. The molecule has 2 aromatic rings. The first kappa shape index (κ1) is 11.1. The zero-order chi connectivity index (χ0) is 11.5. The Morgan fingerprint density at radius 1 is 1.31 bits per heavy atom. The average Bonchev–Trinajstić information content (AvgIpc) is 2.65. The predicted octanol–water partition coefficient (Wildman–Crippen LogP) is 3.78. The number of halogens is 1. The number of aryl methyl sites for hydroxylation is 1. The normalized spacial score (nSPS) is 10.4. The number of hydrogen-bond acceptors (Lipinski definition) is 2. The molecule has 0 aliphatic heterocycles. The van der Waals surface area contributed by atoms with Crippen LogP contribution in [0.4, 0.5) is 0 Å². The smallest absolute Gasteiger partial charge is 0.202 e. The Kier molecular flexibility index (Phi) is 3.25. The minimum Gasteiger partial charge on any atom is -0.458 e. The largest absolute Gasteiger partial charge is 0.458 e. The van der Waals surface area contributed by atoms with E-state index in [-0.39, 0.29) is 5.78 Å². The third-order valence-corrected chi connectivity index (χ3v) is 2.76. The summed E-state index contributed by atoms with van der Waals surface area (Å²) in [6.07, 6.45) is 0.367. The summed E-state index contributed by atoms with van der Waals surface area (Å²) in [5, 5.41) is 0. The van der Waals surface area contributed by atoms with Crippen LogP contribution in [0.15, 0.2) is 45.3 Å². The monoisotopic (exact) mass is 278 g/mol. The molecule has 0 atom stereocenters. The first-order valence-electron chi connectivity index (χ1n) is 4.99. The van der Waals surface area contributed by atoms with Crippen molar-refractivity contribution in [2.24, 2.45) is 0 Å². The highest BCUT2D eigenvalue weighted by molar-refractivity contribution is 9.10. The van der Waals surface area contributed by atoms with Crippen molar-refractivity contribution in [3.63, 3.8) is 0 Å². The number of carbonyl (C=O) groups excluding carboxylic acids is 1. The lowest BCUT2D eigenvalue weighted by atomic mass is 10.1. The van der Waals surface area contributed by atoms with Gasteiger partial charge in [0.2, 0.25) is 5.78 Å². The molecule has 0 saturated carbocycles. The van der Waals surface area contributed by atoms with Crippen LogP contribution in [0, 0.1) is 6.92 Å². The average molecular weight is 279 g/mol. The molecule has 0 saturated heterocycles. The molecule has 16 heavy (non-hydrogen) atoms. The van der Waals surface area contributed by atoms with Crippen LogP contribution in [0.3, 0.4) is 0 Å². The number of rotatable bonds is 3. The summed E-state index contributed by atoms with van der Waals surface area (Å²) in [6, 6.07) is 11.2. The molecule has 82 valence electrons. The lowest BCUT2D eigenvalue weighted by molar-refractivity contribution is 0.0965. The Morgan fingerprint density at radius 3 is 2.75 bits per heavy atom. The lowest BCUT2D eigenvalue weighted by Gasteiger charge is -1.99. The first-order valence-corrected chi connectivity index (χ1v) is 5.78. The van der Waals surface area contributed by atoms with Crippen LogP contribution in [0.1, 0.15) is 21.9 Å². The zero-order valence-electron chi connectivity index (χ0n) is 8.87. The van der Waals surface area contributed by atoms with Gasteiger partial charge in [0.05, 0.1) is 0 Å². The predicted molar refractivity (Wildman–Crippen MR) is 65.6 cm³/mol. The van der Waals surface area contributed by atoms with Crippen LogP contribution in [0.5, 0.6) is 0 Å².